The van der Waals surface area contributed by atoms with E-state index in [0.717, 1.165) is 19.7 Å². The molecular formula is C13H26N2O. The van der Waals surface area contributed by atoms with Gasteiger partial charge in [0.05, 0.1) is 12.7 Å². The van der Waals surface area contributed by atoms with Crippen LogP contribution in [0.15, 0.2) is 0 Å². The van der Waals surface area contributed by atoms with Crippen molar-refractivity contribution in [2.75, 3.05) is 39.3 Å². The van der Waals surface area contributed by atoms with Gasteiger partial charge in [-0.2, -0.15) is 0 Å². The molecule has 1 N–H and O–H groups in total. The molecule has 94 valence electrons. The van der Waals surface area contributed by atoms with Crippen LogP contribution in [0.5, 0.6) is 0 Å². The molecule has 2 atom stereocenters. The van der Waals surface area contributed by atoms with Crippen LogP contribution in [-0.4, -0.2) is 50.3 Å². The molecule has 2 rings (SSSR count). The molecule has 16 heavy (non-hydrogen) atoms. The Hall–Kier alpha value is -0.120. The molecule has 0 aromatic heterocycles. The van der Waals surface area contributed by atoms with Gasteiger partial charge in [-0.1, -0.05) is 20.8 Å². The third kappa shape index (κ3) is 2.96. The maximum Gasteiger partial charge on any atom is 0.0725 e. The van der Waals surface area contributed by atoms with Crippen molar-refractivity contribution in [1.82, 2.24) is 10.2 Å². The summed E-state index contributed by atoms with van der Waals surface area (Å²) in [7, 11) is 0. The number of nitrogens with zero attached hydrogens (tertiary/aromatic N) is 1. The molecule has 0 bridgehead atoms. The first-order valence-electron chi connectivity index (χ1n) is 6.64. The van der Waals surface area contributed by atoms with E-state index in [2.05, 4.69) is 31.0 Å². The normalized spacial score (nSPS) is 37.1. The molecule has 2 unspecified atom stereocenters. The van der Waals surface area contributed by atoms with Crippen LogP contribution in [0.25, 0.3) is 0 Å². The number of hydrogen-bond acceptors (Lipinski definition) is 3. The molecule has 0 aromatic carbocycles. The van der Waals surface area contributed by atoms with Crippen LogP contribution in [0, 0.1) is 11.3 Å². The second-order valence-corrected chi connectivity index (χ2v) is 6.13. The Balaban J connectivity index is 1.85. The van der Waals surface area contributed by atoms with Gasteiger partial charge in [0, 0.05) is 26.2 Å². The summed E-state index contributed by atoms with van der Waals surface area (Å²) in [6.45, 7) is 13.7. The fourth-order valence-corrected chi connectivity index (χ4v) is 2.82. The number of rotatable bonds is 3. The molecule has 0 aromatic rings. The van der Waals surface area contributed by atoms with Gasteiger partial charge in [0.2, 0.25) is 0 Å². The van der Waals surface area contributed by atoms with Crippen molar-refractivity contribution in [3.8, 4) is 0 Å². The SMILES string of the molecule is CC(C)C1CN(CC2(C)CCNC2)CCO1. The summed E-state index contributed by atoms with van der Waals surface area (Å²) in [5.74, 6) is 0.636. The highest BCUT2D eigenvalue weighted by molar-refractivity contribution is 4.88. The number of hydrogen-bond donors (Lipinski definition) is 1. The minimum absolute atomic E-state index is 0.437. The largest absolute Gasteiger partial charge is 0.375 e. The molecule has 2 aliphatic heterocycles. The van der Waals surface area contributed by atoms with Crippen LogP contribution in [-0.2, 0) is 4.74 Å². The second kappa shape index (κ2) is 5.03. The topological polar surface area (TPSA) is 24.5 Å². The van der Waals surface area contributed by atoms with Crippen LogP contribution >= 0.6 is 0 Å². The van der Waals surface area contributed by atoms with Gasteiger partial charge in [0.1, 0.15) is 0 Å². The van der Waals surface area contributed by atoms with Crippen molar-refractivity contribution in [3.63, 3.8) is 0 Å². The van der Waals surface area contributed by atoms with Crippen molar-refractivity contribution in [1.29, 1.82) is 0 Å². The van der Waals surface area contributed by atoms with E-state index in [1.54, 1.807) is 0 Å². The van der Waals surface area contributed by atoms with Gasteiger partial charge in [0.15, 0.2) is 0 Å². The Morgan fingerprint density at radius 3 is 2.94 bits per heavy atom. The molecule has 0 radical (unpaired) electrons. The van der Waals surface area contributed by atoms with Crippen LogP contribution in [0.4, 0.5) is 0 Å². The minimum atomic E-state index is 0.437. The lowest BCUT2D eigenvalue weighted by molar-refractivity contribution is -0.0586. The number of ether oxygens (including phenoxy) is 1. The first-order chi connectivity index (χ1) is 7.59. The van der Waals surface area contributed by atoms with Crippen molar-refractivity contribution in [3.05, 3.63) is 0 Å². The lowest BCUT2D eigenvalue weighted by atomic mass is 9.88. The Morgan fingerprint density at radius 2 is 2.31 bits per heavy atom. The maximum absolute atomic E-state index is 5.81. The summed E-state index contributed by atoms with van der Waals surface area (Å²) in [4.78, 5) is 2.60. The molecule has 0 aliphatic carbocycles. The Bertz CT molecular complexity index is 224. The second-order valence-electron chi connectivity index (χ2n) is 6.13. The predicted octanol–water partition coefficient (Wildman–Crippen LogP) is 1.34. The zero-order valence-electron chi connectivity index (χ0n) is 11.0. The molecule has 2 saturated heterocycles. The Morgan fingerprint density at radius 1 is 1.50 bits per heavy atom. The summed E-state index contributed by atoms with van der Waals surface area (Å²) >= 11 is 0. The predicted molar refractivity (Wildman–Crippen MR) is 66.6 cm³/mol. The molecule has 3 nitrogen and oxygen atoms in total. The van der Waals surface area contributed by atoms with Crippen molar-refractivity contribution in [2.24, 2.45) is 11.3 Å². The summed E-state index contributed by atoms with van der Waals surface area (Å²) in [6.07, 6.45) is 1.75. The van der Waals surface area contributed by atoms with Crippen LogP contribution < -0.4 is 5.32 Å². The number of nitrogens with one attached hydrogen (secondary N) is 1. The average Bonchev–Trinajstić information content (AvgIpc) is 2.65. The van der Waals surface area contributed by atoms with Crippen molar-refractivity contribution >= 4 is 0 Å². The lowest BCUT2D eigenvalue weighted by Gasteiger charge is -2.39. The summed E-state index contributed by atoms with van der Waals surface area (Å²) in [6, 6.07) is 0. The summed E-state index contributed by atoms with van der Waals surface area (Å²) in [5.41, 5.74) is 0.485. The van der Waals surface area contributed by atoms with E-state index in [9.17, 15) is 0 Å². The molecule has 0 amide bonds. The van der Waals surface area contributed by atoms with E-state index in [4.69, 9.17) is 4.74 Å². The van der Waals surface area contributed by atoms with Crippen LogP contribution in [0.1, 0.15) is 27.2 Å². The maximum atomic E-state index is 5.81. The lowest BCUT2D eigenvalue weighted by Crippen LogP contribution is -2.48. The summed E-state index contributed by atoms with van der Waals surface area (Å²) in [5, 5.41) is 3.48. The monoisotopic (exact) mass is 226 g/mol. The molecule has 2 heterocycles. The standard InChI is InChI=1S/C13H26N2O/c1-11(2)12-8-15(6-7-16-12)10-13(3)4-5-14-9-13/h11-12,14H,4-10H2,1-3H3. The Kier molecular flexibility index (Phi) is 3.88. The van der Waals surface area contributed by atoms with Gasteiger partial charge in [-0.15, -0.1) is 0 Å². The summed E-state index contributed by atoms with van der Waals surface area (Å²) < 4.78 is 5.81. The Labute approximate surface area is 99.5 Å². The van der Waals surface area contributed by atoms with Gasteiger partial charge < -0.3 is 10.1 Å². The molecule has 3 heteroatoms. The smallest absolute Gasteiger partial charge is 0.0725 e. The third-order valence-corrected chi connectivity index (χ3v) is 3.98. The average molecular weight is 226 g/mol. The number of morpholine rings is 1. The van der Waals surface area contributed by atoms with Gasteiger partial charge in [-0.3, -0.25) is 4.90 Å². The third-order valence-electron chi connectivity index (χ3n) is 3.98. The van der Waals surface area contributed by atoms with E-state index in [1.807, 2.05) is 0 Å². The van der Waals surface area contributed by atoms with E-state index in [-0.39, 0.29) is 0 Å². The molecule has 0 spiro atoms. The highest BCUT2D eigenvalue weighted by Crippen LogP contribution is 2.27. The molecule has 2 aliphatic rings. The minimum Gasteiger partial charge on any atom is -0.375 e. The van der Waals surface area contributed by atoms with E-state index in [1.165, 1.54) is 26.1 Å². The van der Waals surface area contributed by atoms with Crippen LogP contribution in [0.2, 0.25) is 0 Å². The highest BCUT2D eigenvalue weighted by Gasteiger charge is 2.33. The fraction of sp³-hybridized carbons (Fsp3) is 1.00. The first kappa shape index (κ1) is 12.3. The van der Waals surface area contributed by atoms with Gasteiger partial charge >= 0.3 is 0 Å². The van der Waals surface area contributed by atoms with E-state index < -0.39 is 0 Å². The van der Waals surface area contributed by atoms with E-state index >= 15 is 0 Å². The highest BCUT2D eigenvalue weighted by atomic mass is 16.5. The fourth-order valence-electron chi connectivity index (χ4n) is 2.82. The van der Waals surface area contributed by atoms with Crippen molar-refractivity contribution < 1.29 is 4.74 Å². The van der Waals surface area contributed by atoms with Gasteiger partial charge in [-0.05, 0) is 24.3 Å². The van der Waals surface area contributed by atoms with E-state index in [0.29, 0.717) is 17.4 Å². The zero-order chi connectivity index (χ0) is 11.6. The zero-order valence-corrected chi connectivity index (χ0v) is 11.0. The molecule has 0 saturated carbocycles. The van der Waals surface area contributed by atoms with Crippen LogP contribution in [0.3, 0.4) is 0 Å². The van der Waals surface area contributed by atoms with Crippen molar-refractivity contribution in [2.45, 2.75) is 33.3 Å². The van der Waals surface area contributed by atoms with Gasteiger partial charge in [-0.25, -0.2) is 0 Å². The van der Waals surface area contributed by atoms with Gasteiger partial charge in [0.25, 0.3) is 0 Å². The first-order valence-corrected chi connectivity index (χ1v) is 6.64. The quantitative estimate of drug-likeness (QED) is 0.786. The molecule has 2 fully saturated rings. The molecular weight excluding hydrogens is 200 g/mol.